The Morgan fingerprint density at radius 3 is 2.43 bits per heavy atom. The van der Waals surface area contributed by atoms with E-state index >= 15 is 4.39 Å². The Morgan fingerprint density at radius 1 is 1.16 bits per heavy atom. The molecule has 1 saturated heterocycles. The van der Waals surface area contributed by atoms with Crippen molar-refractivity contribution in [1.29, 1.82) is 0 Å². The molecular formula is C25H33F2N2O7P. The first-order chi connectivity index (χ1) is 17.0. The van der Waals surface area contributed by atoms with Gasteiger partial charge >= 0.3 is 13.5 Å². The third kappa shape index (κ3) is 5.46. The quantitative estimate of drug-likeness (QED) is 0.547. The number of H-pyrrole nitrogens is 1. The lowest BCUT2D eigenvalue weighted by molar-refractivity contribution is -0.0371. The molecule has 0 spiro atoms. The van der Waals surface area contributed by atoms with E-state index in [1.54, 1.807) is 6.07 Å². The van der Waals surface area contributed by atoms with Crippen LogP contribution in [-0.2, 0) is 35.8 Å². The van der Waals surface area contributed by atoms with Crippen LogP contribution in [0.25, 0.3) is 0 Å². The maximum atomic E-state index is 15.4. The summed E-state index contributed by atoms with van der Waals surface area (Å²) in [6, 6.07) is 1.72. The number of hydrogen-bond acceptors (Lipinski definition) is 7. The number of phosphoric acid groups is 1. The smallest absolute Gasteiger partial charge is 0.403 e. The van der Waals surface area contributed by atoms with Gasteiger partial charge < -0.3 is 9.26 Å². The van der Waals surface area contributed by atoms with Crippen LogP contribution in [0.3, 0.4) is 0 Å². The highest BCUT2D eigenvalue weighted by Gasteiger charge is 2.43. The molecule has 2 aromatic rings. The lowest BCUT2D eigenvalue weighted by Crippen LogP contribution is -2.33. The SMILES string of the molecule is Cc1cn([C@H]2C[C@H]([18F])[C@@H](COP3(=O)OCc4c(F)c(C(C)(C)C)cc(C(C)(C)C)c4O3)O2)c(=O)[nH]c1=O. The van der Waals surface area contributed by atoms with Gasteiger partial charge in [0, 0.05) is 23.7 Å². The molecule has 1 fully saturated rings. The van der Waals surface area contributed by atoms with Gasteiger partial charge in [0.05, 0.1) is 18.8 Å². The standard InChI is InChI=1S/C25H33F2N2O7P/c1-13-10-29(23(31)28-22(13)30)19-9-17(26)18(35-19)12-34-37(32)33-11-14-20(27)15(24(2,3)4)8-16(21(14)36-37)25(5,6)7/h8,10,17-19H,9,11-12H2,1-7H3,(H,28,30,31)/t17-,18+,19+,37?/m0/s1/i26-1. The molecule has 9 nitrogen and oxygen atoms in total. The van der Waals surface area contributed by atoms with E-state index in [4.69, 9.17) is 18.3 Å². The fourth-order valence-electron chi connectivity index (χ4n) is 4.35. The molecule has 4 atom stereocenters. The third-order valence-corrected chi connectivity index (χ3v) is 7.83. The highest BCUT2D eigenvalue weighted by atomic mass is 31.2. The van der Waals surface area contributed by atoms with Crippen molar-refractivity contribution >= 4 is 7.82 Å². The first-order valence-corrected chi connectivity index (χ1v) is 13.5. The second-order valence-electron chi connectivity index (χ2n) is 11.6. The maximum Gasteiger partial charge on any atom is 0.530 e. The van der Waals surface area contributed by atoms with Gasteiger partial charge in [-0.2, -0.15) is 0 Å². The monoisotopic (exact) mass is 541 g/mol. The summed E-state index contributed by atoms with van der Waals surface area (Å²) in [4.78, 5) is 25.9. The molecule has 1 unspecified atom stereocenters. The number of aryl methyl sites for hydroxylation is 1. The van der Waals surface area contributed by atoms with Crippen molar-refractivity contribution in [2.75, 3.05) is 6.61 Å². The largest absolute Gasteiger partial charge is 0.530 e. The minimum Gasteiger partial charge on any atom is -0.403 e. The summed E-state index contributed by atoms with van der Waals surface area (Å²) in [6.07, 6.45) is -2.60. The van der Waals surface area contributed by atoms with E-state index in [1.165, 1.54) is 13.1 Å². The van der Waals surface area contributed by atoms with E-state index in [2.05, 4.69) is 4.98 Å². The average molecular weight is 542 g/mol. The van der Waals surface area contributed by atoms with E-state index in [0.29, 0.717) is 11.1 Å². The van der Waals surface area contributed by atoms with Gasteiger partial charge in [-0.1, -0.05) is 41.5 Å². The number of halogens is 2. The molecule has 204 valence electrons. The highest BCUT2D eigenvalue weighted by molar-refractivity contribution is 7.49. The number of alkyl halides is 1. The lowest BCUT2D eigenvalue weighted by Gasteiger charge is -2.33. The molecule has 2 aliphatic heterocycles. The molecule has 0 bridgehead atoms. The molecule has 1 N–H and O–H groups in total. The topological polar surface area (TPSA) is 109 Å². The summed E-state index contributed by atoms with van der Waals surface area (Å²) >= 11 is 0. The zero-order valence-corrected chi connectivity index (χ0v) is 22.9. The third-order valence-electron chi connectivity index (χ3n) is 6.51. The number of nitrogens with one attached hydrogen (secondary N) is 1. The minimum absolute atomic E-state index is 0.102. The number of ether oxygens (including phenoxy) is 1. The van der Waals surface area contributed by atoms with E-state index in [1.807, 2.05) is 41.5 Å². The fourth-order valence-corrected chi connectivity index (χ4v) is 5.58. The summed E-state index contributed by atoms with van der Waals surface area (Å²) in [6.45, 7) is 12.2. The lowest BCUT2D eigenvalue weighted by atomic mass is 9.78. The Hall–Kier alpha value is -2.33. The number of rotatable bonds is 4. The number of nitrogens with zero attached hydrogens (tertiary/aromatic N) is 1. The van der Waals surface area contributed by atoms with E-state index in [9.17, 15) is 18.5 Å². The molecule has 3 heterocycles. The second-order valence-corrected chi connectivity index (χ2v) is 13.2. The van der Waals surface area contributed by atoms with Gasteiger partial charge in [-0.25, -0.2) is 18.1 Å². The van der Waals surface area contributed by atoms with Gasteiger partial charge in [-0.05, 0) is 29.4 Å². The van der Waals surface area contributed by atoms with Crippen LogP contribution in [0.15, 0.2) is 21.9 Å². The zero-order chi connectivity index (χ0) is 27.5. The van der Waals surface area contributed by atoms with Crippen molar-refractivity contribution in [2.24, 2.45) is 0 Å². The van der Waals surface area contributed by atoms with Gasteiger partial charge in [-0.3, -0.25) is 23.4 Å². The van der Waals surface area contributed by atoms with Crippen LogP contribution < -0.4 is 15.8 Å². The Morgan fingerprint density at radius 2 is 1.81 bits per heavy atom. The van der Waals surface area contributed by atoms with Crippen molar-refractivity contribution < 1.29 is 31.7 Å². The zero-order valence-electron chi connectivity index (χ0n) is 22.0. The molecular weight excluding hydrogens is 508 g/mol. The Labute approximate surface area is 213 Å². The van der Waals surface area contributed by atoms with Crippen molar-refractivity contribution in [1.82, 2.24) is 9.55 Å². The van der Waals surface area contributed by atoms with Crippen LogP contribution in [0.1, 0.15) is 76.4 Å². The molecule has 0 saturated carbocycles. The molecule has 1 aromatic carbocycles. The van der Waals surface area contributed by atoms with Crippen LogP contribution in [0, 0.1) is 12.7 Å². The normalized spacial score (nSPS) is 26.1. The summed E-state index contributed by atoms with van der Waals surface area (Å²) in [7, 11) is -4.24. The average Bonchev–Trinajstić information content (AvgIpc) is 3.13. The Kier molecular flexibility index (Phi) is 7.07. The van der Waals surface area contributed by atoms with Gasteiger partial charge in [-0.15, -0.1) is 0 Å². The number of aromatic nitrogens is 2. The number of fused-ring (bicyclic) bond motifs is 1. The Balaban J connectivity index is 1.55. The number of benzene rings is 1. The molecule has 4 rings (SSSR count). The van der Waals surface area contributed by atoms with Crippen molar-refractivity contribution in [3.05, 3.63) is 61.2 Å². The van der Waals surface area contributed by atoms with Crippen molar-refractivity contribution in [3.63, 3.8) is 0 Å². The first-order valence-electron chi connectivity index (χ1n) is 12.1. The fraction of sp³-hybridized carbons (Fsp3) is 0.600. The van der Waals surface area contributed by atoms with Gasteiger partial charge in [0.1, 0.15) is 30.1 Å². The second kappa shape index (κ2) is 9.45. The molecule has 37 heavy (non-hydrogen) atoms. The molecule has 0 amide bonds. The summed E-state index contributed by atoms with van der Waals surface area (Å²) in [5, 5.41) is 0. The van der Waals surface area contributed by atoms with Gasteiger partial charge in [0.2, 0.25) is 0 Å². The molecule has 12 heteroatoms. The number of phosphoric ester groups is 1. The molecule has 1 aromatic heterocycles. The van der Waals surface area contributed by atoms with E-state index in [0.717, 1.165) is 4.57 Å². The van der Waals surface area contributed by atoms with E-state index < -0.39 is 60.8 Å². The molecule has 0 radical (unpaired) electrons. The Bertz CT molecular complexity index is 1370. The van der Waals surface area contributed by atoms with Gasteiger partial charge in [0.25, 0.3) is 5.56 Å². The number of aromatic amines is 1. The predicted molar refractivity (Wildman–Crippen MR) is 132 cm³/mol. The van der Waals surface area contributed by atoms with Crippen molar-refractivity contribution in [2.45, 2.75) is 90.8 Å². The van der Waals surface area contributed by atoms with Crippen LogP contribution in [-0.4, -0.2) is 28.4 Å². The molecule has 0 aliphatic carbocycles. The van der Waals surface area contributed by atoms with Crippen LogP contribution >= 0.6 is 7.82 Å². The highest BCUT2D eigenvalue weighted by Crippen LogP contribution is 2.58. The van der Waals surface area contributed by atoms with E-state index in [-0.39, 0.29) is 29.9 Å². The van der Waals surface area contributed by atoms with Crippen LogP contribution in [0.5, 0.6) is 5.75 Å². The maximum absolute atomic E-state index is 15.4. The predicted octanol–water partition coefficient (Wildman–Crippen LogP) is 4.94. The van der Waals surface area contributed by atoms with Crippen molar-refractivity contribution in [3.8, 4) is 5.75 Å². The van der Waals surface area contributed by atoms with Crippen LogP contribution in [0.2, 0.25) is 0 Å². The molecule has 2 aliphatic rings. The first kappa shape index (κ1) is 27.7. The van der Waals surface area contributed by atoms with Gasteiger partial charge in [0.15, 0.2) is 0 Å². The summed E-state index contributed by atoms with van der Waals surface area (Å²) in [5.41, 5.74) is -0.689. The summed E-state index contributed by atoms with van der Waals surface area (Å²) in [5.74, 6) is -0.390. The van der Waals surface area contributed by atoms with Crippen LogP contribution in [0.4, 0.5) is 8.78 Å². The number of hydrogen-bond donors (Lipinski definition) is 1. The summed E-state index contributed by atoms with van der Waals surface area (Å²) < 4.78 is 66.8. The minimum atomic E-state index is -4.24.